The van der Waals surface area contributed by atoms with Crippen LogP contribution in [0, 0.1) is 11.3 Å². The molecular weight excluding hydrogens is 339 g/mol. The fourth-order valence-corrected chi connectivity index (χ4v) is 2.69. The first-order chi connectivity index (χ1) is 10.4. The van der Waals surface area contributed by atoms with Crippen LogP contribution in [-0.4, -0.2) is 11.5 Å². The van der Waals surface area contributed by atoms with Crippen LogP contribution < -0.4 is 10.1 Å². The average Bonchev–Trinajstić information content (AvgIpc) is 2.84. The van der Waals surface area contributed by atoms with Gasteiger partial charge in [0.25, 0.3) is 0 Å². The molecule has 0 saturated carbocycles. The van der Waals surface area contributed by atoms with E-state index in [1.165, 1.54) is 19.2 Å². The lowest BCUT2D eigenvalue weighted by Crippen LogP contribution is -2.12. The molecule has 22 heavy (non-hydrogen) atoms. The number of hydrogen-bond acceptors (Lipinski definition) is 5. The molecule has 0 aliphatic rings. The van der Waals surface area contributed by atoms with Crippen LogP contribution in [0.25, 0.3) is 0 Å². The molecule has 1 aromatic carbocycles. The maximum absolute atomic E-state index is 13.1. The molecule has 0 aliphatic heterocycles. The summed E-state index contributed by atoms with van der Waals surface area (Å²) in [6.07, 6.45) is -4.51. The lowest BCUT2D eigenvalue weighted by atomic mass is 10.1. The summed E-state index contributed by atoms with van der Waals surface area (Å²) in [5.74, 6) is 0.120. The molecule has 0 unspecified atom stereocenters. The van der Waals surface area contributed by atoms with Gasteiger partial charge in [-0.1, -0.05) is 17.7 Å². The van der Waals surface area contributed by atoms with Gasteiger partial charge in [-0.15, -0.1) is 0 Å². The predicted molar refractivity (Wildman–Crippen MR) is 77.2 cm³/mol. The van der Waals surface area contributed by atoms with Gasteiger partial charge in [-0.2, -0.15) is 22.8 Å². The highest BCUT2D eigenvalue weighted by Crippen LogP contribution is 2.35. The first-order valence-corrected chi connectivity index (χ1v) is 7.05. The van der Waals surface area contributed by atoms with Crippen molar-refractivity contribution in [1.82, 2.24) is 4.37 Å². The summed E-state index contributed by atoms with van der Waals surface area (Å²) in [5, 5.41) is 12.1. The van der Waals surface area contributed by atoms with Crippen molar-refractivity contribution in [1.29, 1.82) is 5.26 Å². The van der Waals surface area contributed by atoms with Gasteiger partial charge in [0.15, 0.2) is 5.15 Å². The van der Waals surface area contributed by atoms with E-state index in [0.717, 1.165) is 17.6 Å². The van der Waals surface area contributed by atoms with Crippen molar-refractivity contribution in [3.63, 3.8) is 0 Å². The Balaban J connectivity index is 2.28. The number of rotatable bonds is 4. The van der Waals surface area contributed by atoms with Crippen LogP contribution in [-0.2, 0) is 12.7 Å². The van der Waals surface area contributed by atoms with Crippen LogP contribution >= 0.6 is 23.1 Å². The summed E-state index contributed by atoms with van der Waals surface area (Å²) in [4.78, 5) is 0. The molecule has 2 aromatic rings. The molecule has 4 nitrogen and oxygen atoms in total. The number of anilines is 1. The molecule has 1 heterocycles. The second kappa shape index (κ2) is 6.42. The first kappa shape index (κ1) is 16.4. The third kappa shape index (κ3) is 3.43. The Morgan fingerprint density at radius 2 is 2.18 bits per heavy atom. The molecule has 1 aromatic heterocycles. The molecule has 9 heteroatoms. The Bertz CT molecular complexity index is 724. The molecule has 0 saturated heterocycles. The Labute approximate surface area is 133 Å². The third-order valence-corrected chi connectivity index (χ3v) is 4.00. The van der Waals surface area contributed by atoms with Crippen molar-refractivity contribution in [2.45, 2.75) is 12.7 Å². The molecule has 0 aliphatic carbocycles. The summed E-state index contributed by atoms with van der Waals surface area (Å²) in [5.41, 5.74) is -0.649. The second-order valence-corrected chi connectivity index (χ2v) is 5.30. The highest BCUT2D eigenvalue weighted by molar-refractivity contribution is 7.10. The molecule has 1 N–H and O–H groups in total. The van der Waals surface area contributed by atoms with Crippen molar-refractivity contribution < 1.29 is 17.9 Å². The summed E-state index contributed by atoms with van der Waals surface area (Å²) < 4.78 is 47.8. The minimum absolute atomic E-state index is 0.0285. The normalized spacial score (nSPS) is 11.1. The molecule has 0 atom stereocenters. The van der Waals surface area contributed by atoms with Crippen molar-refractivity contribution in [3.8, 4) is 11.8 Å². The standard InChI is InChI=1S/C13H9ClF3N3OS/c1-21-8-3-2-7(10(4-8)13(15,16)17)6-19-12-9(5-18)11(14)20-22-12/h2-4,19H,6H2,1H3. The van der Waals surface area contributed by atoms with Gasteiger partial charge in [0.05, 0.1) is 12.7 Å². The van der Waals surface area contributed by atoms with Crippen molar-refractivity contribution in [2.75, 3.05) is 12.4 Å². The summed E-state index contributed by atoms with van der Waals surface area (Å²) in [6, 6.07) is 5.55. The number of aromatic nitrogens is 1. The van der Waals surface area contributed by atoms with Crippen LogP contribution in [0.5, 0.6) is 5.75 Å². The fraction of sp³-hybridized carbons (Fsp3) is 0.231. The van der Waals surface area contributed by atoms with E-state index < -0.39 is 11.7 Å². The number of benzene rings is 1. The minimum atomic E-state index is -4.51. The van der Waals surface area contributed by atoms with E-state index in [1.807, 2.05) is 6.07 Å². The summed E-state index contributed by atoms with van der Waals surface area (Å²) in [7, 11) is 1.30. The van der Waals surface area contributed by atoms with Gasteiger partial charge in [-0.05, 0) is 29.2 Å². The molecule has 0 bridgehead atoms. The van der Waals surface area contributed by atoms with Crippen molar-refractivity contribution in [3.05, 3.63) is 40.0 Å². The van der Waals surface area contributed by atoms with Gasteiger partial charge in [0.2, 0.25) is 0 Å². The Morgan fingerprint density at radius 3 is 2.77 bits per heavy atom. The summed E-state index contributed by atoms with van der Waals surface area (Å²) in [6.45, 7) is -0.119. The molecule has 0 amide bonds. The minimum Gasteiger partial charge on any atom is -0.497 e. The number of halogens is 4. The number of nitriles is 1. The largest absolute Gasteiger partial charge is 0.497 e. The molecular formula is C13H9ClF3N3OS. The SMILES string of the molecule is COc1ccc(CNc2snc(Cl)c2C#N)c(C(F)(F)F)c1. The van der Waals surface area contributed by atoms with Gasteiger partial charge < -0.3 is 10.1 Å². The maximum Gasteiger partial charge on any atom is 0.416 e. The number of ether oxygens (including phenoxy) is 1. The quantitative estimate of drug-likeness (QED) is 0.895. The van der Waals surface area contributed by atoms with Crippen molar-refractivity contribution >= 4 is 28.1 Å². The van der Waals surface area contributed by atoms with Crippen LogP contribution in [0.4, 0.5) is 18.2 Å². The topological polar surface area (TPSA) is 57.9 Å². The van der Waals surface area contributed by atoms with E-state index in [-0.39, 0.29) is 28.6 Å². The zero-order valence-corrected chi connectivity index (χ0v) is 12.7. The van der Waals surface area contributed by atoms with E-state index in [2.05, 4.69) is 9.69 Å². The van der Waals surface area contributed by atoms with Crippen molar-refractivity contribution in [2.24, 2.45) is 0 Å². The lowest BCUT2D eigenvalue weighted by molar-refractivity contribution is -0.138. The third-order valence-electron chi connectivity index (χ3n) is 2.82. The monoisotopic (exact) mass is 347 g/mol. The molecule has 116 valence electrons. The molecule has 0 fully saturated rings. The number of hydrogen-bond donors (Lipinski definition) is 1. The molecule has 2 rings (SSSR count). The Hall–Kier alpha value is -1.98. The van der Waals surface area contributed by atoms with Crippen LogP contribution in [0.1, 0.15) is 16.7 Å². The van der Waals surface area contributed by atoms with E-state index in [4.69, 9.17) is 21.6 Å². The summed E-state index contributed by atoms with van der Waals surface area (Å²) >= 11 is 6.63. The smallest absolute Gasteiger partial charge is 0.416 e. The zero-order chi connectivity index (χ0) is 16.3. The highest BCUT2D eigenvalue weighted by Gasteiger charge is 2.33. The Morgan fingerprint density at radius 1 is 1.45 bits per heavy atom. The van der Waals surface area contributed by atoms with Crippen LogP contribution in [0.2, 0.25) is 5.15 Å². The predicted octanol–water partition coefficient (Wildman–Crippen LogP) is 4.31. The average molecular weight is 348 g/mol. The van der Waals surface area contributed by atoms with Gasteiger partial charge >= 0.3 is 6.18 Å². The van der Waals surface area contributed by atoms with Gasteiger partial charge in [0.1, 0.15) is 22.4 Å². The molecule has 0 radical (unpaired) electrons. The Kier molecular flexibility index (Phi) is 4.78. The fourth-order valence-electron chi connectivity index (χ4n) is 1.76. The zero-order valence-electron chi connectivity index (χ0n) is 11.2. The van der Waals surface area contributed by atoms with E-state index in [0.29, 0.717) is 5.00 Å². The lowest BCUT2D eigenvalue weighted by Gasteiger charge is -2.14. The van der Waals surface area contributed by atoms with Gasteiger partial charge in [-0.25, -0.2) is 0 Å². The number of alkyl halides is 3. The number of methoxy groups -OCH3 is 1. The maximum atomic E-state index is 13.1. The van der Waals surface area contributed by atoms with E-state index in [9.17, 15) is 13.2 Å². The highest BCUT2D eigenvalue weighted by atomic mass is 35.5. The number of nitrogens with one attached hydrogen (secondary N) is 1. The van der Waals surface area contributed by atoms with Crippen LogP contribution in [0.15, 0.2) is 18.2 Å². The molecule has 0 spiro atoms. The van der Waals surface area contributed by atoms with E-state index >= 15 is 0 Å². The number of nitrogens with zero attached hydrogens (tertiary/aromatic N) is 2. The van der Waals surface area contributed by atoms with Gasteiger partial charge in [0, 0.05) is 6.54 Å². The van der Waals surface area contributed by atoms with Crippen LogP contribution in [0.3, 0.4) is 0 Å². The second-order valence-electron chi connectivity index (χ2n) is 4.16. The van der Waals surface area contributed by atoms with E-state index in [1.54, 1.807) is 0 Å². The first-order valence-electron chi connectivity index (χ1n) is 5.90. The van der Waals surface area contributed by atoms with Gasteiger partial charge in [-0.3, -0.25) is 0 Å².